The van der Waals surface area contributed by atoms with E-state index in [2.05, 4.69) is 13.8 Å². The molecule has 0 aromatic heterocycles. The number of benzene rings is 1. The van der Waals surface area contributed by atoms with Crippen LogP contribution in [-0.2, 0) is 0 Å². The summed E-state index contributed by atoms with van der Waals surface area (Å²) in [4.78, 5) is 0. The Bertz CT molecular complexity index is 409. The smallest absolute Gasteiger partial charge is 0.0833 e. The van der Waals surface area contributed by atoms with E-state index in [0.29, 0.717) is 27.8 Å². The van der Waals surface area contributed by atoms with E-state index < -0.39 is 6.10 Å². The third-order valence-corrected chi connectivity index (χ3v) is 4.52. The Kier molecular flexibility index (Phi) is 4.58. The zero-order valence-electron chi connectivity index (χ0n) is 10.9. The molecule has 0 amide bonds. The molecule has 1 fully saturated rings. The molecule has 3 heteroatoms. The third-order valence-electron chi connectivity index (χ3n) is 3.94. The van der Waals surface area contributed by atoms with Crippen molar-refractivity contribution in [3.05, 3.63) is 33.8 Å². The van der Waals surface area contributed by atoms with Crippen LogP contribution in [0.15, 0.2) is 18.2 Å². The largest absolute Gasteiger partial charge is 0.388 e. The van der Waals surface area contributed by atoms with Gasteiger partial charge in [0.2, 0.25) is 0 Å². The molecule has 0 saturated heterocycles. The van der Waals surface area contributed by atoms with E-state index in [1.807, 2.05) is 0 Å². The fourth-order valence-electron chi connectivity index (χ4n) is 3.26. The molecule has 2 rings (SSSR count). The monoisotopic (exact) mass is 286 g/mol. The molecule has 1 saturated carbocycles. The van der Waals surface area contributed by atoms with Gasteiger partial charge in [0.15, 0.2) is 0 Å². The Morgan fingerprint density at radius 2 is 1.72 bits per heavy atom. The SMILES string of the molecule is CC1CC(C)CC(C(O)c2cc(Cl)ccc2Cl)C1. The minimum atomic E-state index is -0.499. The highest BCUT2D eigenvalue weighted by Gasteiger charge is 2.30. The summed E-state index contributed by atoms with van der Waals surface area (Å²) in [6.07, 6.45) is 2.89. The fourth-order valence-corrected chi connectivity index (χ4v) is 3.67. The standard InChI is InChI=1S/C15H20Cl2O/c1-9-5-10(2)7-11(6-9)15(18)13-8-12(16)3-4-14(13)17/h3-4,8-11,15,18H,5-7H2,1-2H3. The van der Waals surface area contributed by atoms with Gasteiger partial charge in [-0.05, 0) is 55.2 Å². The highest BCUT2D eigenvalue weighted by atomic mass is 35.5. The van der Waals surface area contributed by atoms with Gasteiger partial charge < -0.3 is 5.11 Å². The minimum absolute atomic E-state index is 0.291. The first kappa shape index (κ1) is 14.2. The highest BCUT2D eigenvalue weighted by molar-refractivity contribution is 6.33. The van der Waals surface area contributed by atoms with E-state index in [1.54, 1.807) is 18.2 Å². The van der Waals surface area contributed by atoms with Crippen LogP contribution in [0.25, 0.3) is 0 Å². The van der Waals surface area contributed by atoms with Gasteiger partial charge in [0.1, 0.15) is 0 Å². The van der Waals surface area contributed by atoms with Crippen LogP contribution in [0.1, 0.15) is 44.8 Å². The van der Waals surface area contributed by atoms with E-state index >= 15 is 0 Å². The number of aliphatic hydroxyl groups is 1. The maximum Gasteiger partial charge on any atom is 0.0833 e. The lowest BCUT2D eigenvalue weighted by molar-refractivity contribution is 0.0552. The molecule has 0 heterocycles. The summed E-state index contributed by atoms with van der Waals surface area (Å²) < 4.78 is 0. The van der Waals surface area contributed by atoms with Crippen LogP contribution < -0.4 is 0 Å². The molecule has 1 aromatic rings. The first-order valence-electron chi connectivity index (χ1n) is 6.60. The first-order valence-corrected chi connectivity index (χ1v) is 7.36. The lowest BCUT2D eigenvalue weighted by Gasteiger charge is -2.34. The Balaban J connectivity index is 2.19. The highest BCUT2D eigenvalue weighted by Crippen LogP contribution is 2.41. The second-order valence-corrected chi connectivity index (χ2v) is 6.63. The molecule has 0 aliphatic heterocycles. The van der Waals surface area contributed by atoms with Crippen LogP contribution in [0, 0.1) is 17.8 Å². The molecule has 1 aliphatic rings. The van der Waals surface area contributed by atoms with Crippen molar-refractivity contribution in [2.45, 2.75) is 39.2 Å². The second kappa shape index (κ2) is 5.81. The zero-order chi connectivity index (χ0) is 13.3. The summed E-state index contributed by atoms with van der Waals surface area (Å²) >= 11 is 12.2. The molecule has 3 unspecified atom stereocenters. The summed E-state index contributed by atoms with van der Waals surface area (Å²) in [5.74, 6) is 1.64. The maximum absolute atomic E-state index is 10.5. The maximum atomic E-state index is 10.5. The lowest BCUT2D eigenvalue weighted by atomic mass is 9.73. The molecule has 1 N–H and O–H groups in total. The van der Waals surface area contributed by atoms with Gasteiger partial charge in [-0.15, -0.1) is 0 Å². The average Bonchev–Trinajstić information content (AvgIpc) is 2.30. The fraction of sp³-hybridized carbons (Fsp3) is 0.600. The molecule has 1 aliphatic carbocycles. The van der Waals surface area contributed by atoms with Crippen LogP contribution in [0.4, 0.5) is 0 Å². The van der Waals surface area contributed by atoms with E-state index in [9.17, 15) is 5.11 Å². The average molecular weight is 287 g/mol. The number of hydrogen-bond acceptors (Lipinski definition) is 1. The Morgan fingerprint density at radius 1 is 1.11 bits per heavy atom. The van der Waals surface area contributed by atoms with Crippen molar-refractivity contribution in [3.8, 4) is 0 Å². The number of halogens is 2. The lowest BCUT2D eigenvalue weighted by Crippen LogP contribution is -2.24. The van der Waals surface area contributed by atoms with Crippen LogP contribution >= 0.6 is 23.2 Å². The molecule has 0 spiro atoms. The molecule has 1 aromatic carbocycles. The summed E-state index contributed by atoms with van der Waals surface area (Å²) in [6.45, 7) is 4.52. The van der Waals surface area contributed by atoms with Gasteiger partial charge in [-0.3, -0.25) is 0 Å². The Morgan fingerprint density at radius 3 is 2.33 bits per heavy atom. The minimum Gasteiger partial charge on any atom is -0.388 e. The topological polar surface area (TPSA) is 20.2 Å². The predicted molar refractivity (Wildman–Crippen MR) is 77.1 cm³/mol. The second-order valence-electron chi connectivity index (χ2n) is 5.79. The number of aliphatic hydroxyl groups excluding tert-OH is 1. The molecule has 18 heavy (non-hydrogen) atoms. The van der Waals surface area contributed by atoms with Crippen LogP contribution in [0.3, 0.4) is 0 Å². The molecule has 0 bridgehead atoms. The summed E-state index contributed by atoms with van der Waals surface area (Å²) in [7, 11) is 0. The quantitative estimate of drug-likeness (QED) is 0.802. The van der Waals surface area contributed by atoms with Crippen molar-refractivity contribution >= 4 is 23.2 Å². The van der Waals surface area contributed by atoms with Crippen LogP contribution in [-0.4, -0.2) is 5.11 Å². The Hall–Kier alpha value is -0.240. The third kappa shape index (κ3) is 3.20. The first-order chi connectivity index (χ1) is 8.47. The number of rotatable bonds is 2. The molecule has 3 atom stereocenters. The summed E-state index contributed by atoms with van der Waals surface area (Å²) in [6, 6.07) is 5.31. The van der Waals surface area contributed by atoms with Gasteiger partial charge in [-0.1, -0.05) is 37.0 Å². The van der Waals surface area contributed by atoms with Crippen LogP contribution in [0.5, 0.6) is 0 Å². The van der Waals surface area contributed by atoms with Gasteiger partial charge in [0.25, 0.3) is 0 Å². The van der Waals surface area contributed by atoms with Gasteiger partial charge in [-0.2, -0.15) is 0 Å². The van der Waals surface area contributed by atoms with Crippen molar-refractivity contribution in [1.82, 2.24) is 0 Å². The molecule has 1 nitrogen and oxygen atoms in total. The zero-order valence-corrected chi connectivity index (χ0v) is 12.4. The predicted octanol–water partition coefficient (Wildman–Crippen LogP) is 5.10. The number of hydrogen-bond donors (Lipinski definition) is 1. The van der Waals surface area contributed by atoms with E-state index in [1.165, 1.54) is 6.42 Å². The van der Waals surface area contributed by atoms with Gasteiger partial charge in [-0.25, -0.2) is 0 Å². The summed E-state index contributed by atoms with van der Waals surface area (Å²) in [5.41, 5.74) is 0.774. The molecule has 0 radical (unpaired) electrons. The van der Waals surface area contributed by atoms with Crippen molar-refractivity contribution in [2.24, 2.45) is 17.8 Å². The van der Waals surface area contributed by atoms with E-state index in [-0.39, 0.29) is 0 Å². The van der Waals surface area contributed by atoms with Gasteiger partial charge >= 0.3 is 0 Å². The molecular weight excluding hydrogens is 267 g/mol. The van der Waals surface area contributed by atoms with Crippen LogP contribution in [0.2, 0.25) is 10.0 Å². The molecular formula is C15H20Cl2O. The summed E-state index contributed by atoms with van der Waals surface area (Å²) in [5, 5.41) is 11.8. The van der Waals surface area contributed by atoms with Gasteiger partial charge in [0.05, 0.1) is 6.10 Å². The Labute approximate surface area is 119 Å². The van der Waals surface area contributed by atoms with Crippen molar-refractivity contribution in [2.75, 3.05) is 0 Å². The van der Waals surface area contributed by atoms with Crippen molar-refractivity contribution < 1.29 is 5.11 Å². The normalized spacial score (nSPS) is 30.2. The van der Waals surface area contributed by atoms with Crippen molar-refractivity contribution in [1.29, 1.82) is 0 Å². The van der Waals surface area contributed by atoms with Crippen molar-refractivity contribution in [3.63, 3.8) is 0 Å². The molecule has 100 valence electrons. The van der Waals surface area contributed by atoms with E-state index in [4.69, 9.17) is 23.2 Å². The van der Waals surface area contributed by atoms with Gasteiger partial charge in [0, 0.05) is 15.6 Å². The van der Waals surface area contributed by atoms with E-state index in [0.717, 1.165) is 18.4 Å².